The van der Waals surface area contributed by atoms with Gasteiger partial charge in [-0.05, 0) is 70.7 Å². The van der Waals surface area contributed by atoms with Gasteiger partial charge >= 0.3 is 0 Å². The molecule has 1 amide bonds. The number of nitrogens with zero attached hydrogens (tertiary/aromatic N) is 3. The molecule has 2 bridgehead atoms. The number of hydrogen-bond donors (Lipinski definition) is 2. The standard InChI is InChI=1S/C20H27N5O2/c1-12(2)27-18-8-6-17(7-9-18)25-13(3)19(23-24-25)20(26)22-16-10-14-4-5-15(11-16)21-14/h6-9,12,14-16,21H,4-5,10-11H2,1-3H3,(H,22,26). The van der Waals surface area contributed by atoms with E-state index in [0.29, 0.717) is 17.8 Å². The van der Waals surface area contributed by atoms with Gasteiger partial charge in [0.05, 0.1) is 17.5 Å². The van der Waals surface area contributed by atoms with Gasteiger partial charge in [0, 0.05) is 18.1 Å². The van der Waals surface area contributed by atoms with E-state index >= 15 is 0 Å². The maximum atomic E-state index is 12.7. The lowest BCUT2D eigenvalue weighted by atomic mass is 9.99. The van der Waals surface area contributed by atoms with Crippen molar-refractivity contribution >= 4 is 5.91 Å². The number of rotatable bonds is 5. The van der Waals surface area contributed by atoms with Gasteiger partial charge in [0.25, 0.3) is 5.91 Å². The minimum absolute atomic E-state index is 0.129. The van der Waals surface area contributed by atoms with Crippen molar-refractivity contribution in [1.29, 1.82) is 0 Å². The number of aromatic nitrogens is 3. The summed E-state index contributed by atoms with van der Waals surface area (Å²) >= 11 is 0. The van der Waals surface area contributed by atoms with Crippen molar-refractivity contribution in [2.75, 3.05) is 0 Å². The zero-order chi connectivity index (χ0) is 19.0. The first-order valence-corrected chi connectivity index (χ1v) is 9.76. The minimum atomic E-state index is -0.134. The van der Waals surface area contributed by atoms with Crippen LogP contribution in [0, 0.1) is 6.92 Å². The third-order valence-corrected chi connectivity index (χ3v) is 5.37. The molecule has 2 aliphatic heterocycles. The molecule has 4 rings (SSSR count). The van der Waals surface area contributed by atoms with Crippen molar-refractivity contribution in [3.8, 4) is 11.4 Å². The molecule has 0 aliphatic carbocycles. The van der Waals surface area contributed by atoms with Crippen molar-refractivity contribution < 1.29 is 9.53 Å². The SMILES string of the molecule is Cc1c(C(=O)NC2CC3CCC(C2)N3)nnn1-c1ccc(OC(C)C)cc1. The second-order valence-corrected chi connectivity index (χ2v) is 7.88. The van der Waals surface area contributed by atoms with E-state index in [1.165, 1.54) is 12.8 Å². The van der Waals surface area contributed by atoms with Crippen LogP contribution in [-0.2, 0) is 0 Å². The van der Waals surface area contributed by atoms with E-state index in [1.54, 1.807) is 4.68 Å². The quantitative estimate of drug-likeness (QED) is 0.846. The Labute approximate surface area is 159 Å². The van der Waals surface area contributed by atoms with E-state index in [1.807, 2.05) is 45.0 Å². The second kappa shape index (κ2) is 7.31. The summed E-state index contributed by atoms with van der Waals surface area (Å²) < 4.78 is 7.37. The molecule has 7 heteroatoms. The number of carbonyl (C=O) groups excluding carboxylic acids is 1. The average molecular weight is 369 g/mol. The number of nitrogens with one attached hydrogen (secondary N) is 2. The Bertz CT molecular complexity index is 802. The third-order valence-electron chi connectivity index (χ3n) is 5.37. The number of fused-ring (bicyclic) bond motifs is 2. The lowest BCUT2D eigenvalue weighted by Gasteiger charge is -2.29. The lowest BCUT2D eigenvalue weighted by molar-refractivity contribution is 0.0918. The van der Waals surface area contributed by atoms with Crippen LogP contribution in [0.3, 0.4) is 0 Å². The molecular weight excluding hydrogens is 342 g/mol. The van der Waals surface area contributed by atoms with Crippen LogP contribution in [0.4, 0.5) is 0 Å². The van der Waals surface area contributed by atoms with Crippen LogP contribution in [0.25, 0.3) is 5.69 Å². The van der Waals surface area contributed by atoms with E-state index in [-0.39, 0.29) is 18.1 Å². The molecule has 0 saturated carbocycles. The monoisotopic (exact) mass is 369 g/mol. The third kappa shape index (κ3) is 3.83. The highest BCUT2D eigenvalue weighted by Gasteiger charge is 2.34. The average Bonchev–Trinajstić information content (AvgIpc) is 3.17. The first-order valence-electron chi connectivity index (χ1n) is 9.76. The van der Waals surface area contributed by atoms with Gasteiger partial charge in [-0.3, -0.25) is 4.79 Å². The highest BCUT2D eigenvalue weighted by molar-refractivity contribution is 5.93. The van der Waals surface area contributed by atoms with Crippen LogP contribution < -0.4 is 15.4 Å². The number of ether oxygens (including phenoxy) is 1. The predicted molar refractivity (Wildman–Crippen MR) is 102 cm³/mol. The van der Waals surface area contributed by atoms with Crippen LogP contribution >= 0.6 is 0 Å². The number of carbonyl (C=O) groups is 1. The normalized spacial score (nSPS) is 24.2. The number of benzene rings is 1. The molecular formula is C20H27N5O2. The molecule has 1 aromatic carbocycles. The Kier molecular flexibility index (Phi) is 4.86. The Morgan fingerprint density at radius 1 is 1.22 bits per heavy atom. The molecule has 3 heterocycles. The van der Waals surface area contributed by atoms with Crippen molar-refractivity contribution in [3.63, 3.8) is 0 Å². The largest absolute Gasteiger partial charge is 0.491 e. The van der Waals surface area contributed by atoms with Crippen molar-refractivity contribution in [3.05, 3.63) is 35.7 Å². The first kappa shape index (κ1) is 18.0. The van der Waals surface area contributed by atoms with Crippen molar-refractivity contribution in [2.45, 2.75) is 70.7 Å². The molecule has 0 radical (unpaired) electrons. The summed E-state index contributed by atoms with van der Waals surface area (Å²) in [4.78, 5) is 12.7. The molecule has 27 heavy (non-hydrogen) atoms. The molecule has 2 aliphatic rings. The molecule has 0 spiro atoms. The fraction of sp³-hybridized carbons (Fsp3) is 0.550. The maximum absolute atomic E-state index is 12.7. The van der Waals surface area contributed by atoms with Crippen molar-refractivity contribution in [2.24, 2.45) is 0 Å². The first-order chi connectivity index (χ1) is 13.0. The van der Waals surface area contributed by atoms with Gasteiger partial charge < -0.3 is 15.4 Å². The molecule has 2 fully saturated rings. The Morgan fingerprint density at radius 2 is 1.89 bits per heavy atom. The summed E-state index contributed by atoms with van der Waals surface area (Å²) in [6.45, 7) is 5.86. The molecule has 7 nitrogen and oxygen atoms in total. The van der Waals surface area contributed by atoms with E-state index < -0.39 is 0 Å². The Morgan fingerprint density at radius 3 is 2.52 bits per heavy atom. The summed E-state index contributed by atoms with van der Waals surface area (Å²) in [6, 6.07) is 8.95. The van der Waals surface area contributed by atoms with Crippen LogP contribution in [0.1, 0.15) is 55.7 Å². The highest BCUT2D eigenvalue weighted by atomic mass is 16.5. The van der Waals surface area contributed by atoms with Crippen LogP contribution in [0.2, 0.25) is 0 Å². The Balaban J connectivity index is 1.46. The zero-order valence-corrected chi connectivity index (χ0v) is 16.1. The summed E-state index contributed by atoms with van der Waals surface area (Å²) in [5.74, 6) is 0.676. The number of amides is 1. The summed E-state index contributed by atoms with van der Waals surface area (Å²) in [6.07, 6.45) is 4.54. The summed E-state index contributed by atoms with van der Waals surface area (Å²) in [5.41, 5.74) is 1.99. The van der Waals surface area contributed by atoms with Gasteiger partial charge in [-0.1, -0.05) is 5.21 Å². The topological polar surface area (TPSA) is 81.1 Å². The molecule has 2 unspecified atom stereocenters. The fourth-order valence-corrected chi connectivity index (χ4v) is 4.15. The molecule has 144 valence electrons. The maximum Gasteiger partial charge on any atom is 0.273 e. The van der Waals surface area contributed by atoms with Crippen LogP contribution in [0.15, 0.2) is 24.3 Å². The summed E-state index contributed by atoms with van der Waals surface area (Å²) in [7, 11) is 0. The molecule has 2 saturated heterocycles. The lowest BCUT2D eigenvalue weighted by Crippen LogP contribution is -2.48. The second-order valence-electron chi connectivity index (χ2n) is 7.88. The molecule has 2 aromatic rings. The highest BCUT2D eigenvalue weighted by Crippen LogP contribution is 2.27. The zero-order valence-electron chi connectivity index (χ0n) is 16.1. The van der Waals surface area contributed by atoms with E-state index in [0.717, 1.165) is 30.0 Å². The van der Waals surface area contributed by atoms with Gasteiger partial charge in [-0.25, -0.2) is 4.68 Å². The molecule has 2 N–H and O–H groups in total. The van der Waals surface area contributed by atoms with Gasteiger partial charge in [-0.2, -0.15) is 0 Å². The molecule has 1 aromatic heterocycles. The number of hydrogen-bond acceptors (Lipinski definition) is 5. The fourth-order valence-electron chi connectivity index (χ4n) is 4.15. The van der Waals surface area contributed by atoms with Crippen molar-refractivity contribution in [1.82, 2.24) is 25.6 Å². The van der Waals surface area contributed by atoms with Crippen LogP contribution in [-0.4, -0.2) is 45.1 Å². The van der Waals surface area contributed by atoms with Crippen LogP contribution in [0.5, 0.6) is 5.75 Å². The smallest absolute Gasteiger partial charge is 0.273 e. The Hall–Kier alpha value is -2.41. The van der Waals surface area contributed by atoms with Gasteiger partial charge in [0.15, 0.2) is 5.69 Å². The number of piperidine rings is 1. The van der Waals surface area contributed by atoms with E-state index in [4.69, 9.17) is 4.74 Å². The van der Waals surface area contributed by atoms with Gasteiger partial charge in [0.1, 0.15) is 5.75 Å². The molecule has 2 atom stereocenters. The van der Waals surface area contributed by atoms with E-state index in [9.17, 15) is 4.79 Å². The van der Waals surface area contributed by atoms with Gasteiger partial charge in [-0.15, -0.1) is 5.10 Å². The summed E-state index contributed by atoms with van der Waals surface area (Å²) in [5, 5.41) is 15.1. The predicted octanol–water partition coefficient (Wildman–Crippen LogP) is 2.38. The minimum Gasteiger partial charge on any atom is -0.491 e. The van der Waals surface area contributed by atoms with Gasteiger partial charge in [0.2, 0.25) is 0 Å². The van der Waals surface area contributed by atoms with E-state index in [2.05, 4.69) is 20.9 Å².